The van der Waals surface area contributed by atoms with Crippen LogP contribution >= 0.6 is 0 Å². The van der Waals surface area contributed by atoms with Gasteiger partial charge in [0.15, 0.2) is 0 Å². The minimum absolute atomic E-state index is 0.203. The first kappa shape index (κ1) is 18.5. The lowest BCUT2D eigenvalue weighted by Gasteiger charge is -2.38. The van der Waals surface area contributed by atoms with Crippen LogP contribution in [0.25, 0.3) is 0 Å². The minimum Gasteiger partial charge on any atom is -0.303 e. The molecule has 0 amide bonds. The standard InChI is InChI=1S/C23H27NO2/c1-19(26)23(20-10-4-2-5-11-20,21-12-6-3-7-13-21)22-14-16-24(18-22)15-8-9-17-25/h2-7,10-13,17,22H,8-9,14-16,18H2,1H3. The SMILES string of the molecule is CC(=O)C(c1ccccc1)(c1ccccc1)C1CCN(CCCC=O)C1. The quantitative estimate of drug-likeness (QED) is 0.536. The fourth-order valence-corrected chi connectivity index (χ4v) is 4.52. The van der Waals surface area contributed by atoms with Gasteiger partial charge in [0.1, 0.15) is 12.1 Å². The highest BCUT2D eigenvalue weighted by Crippen LogP contribution is 2.44. The maximum Gasteiger partial charge on any atom is 0.145 e. The number of nitrogens with zero attached hydrogens (tertiary/aromatic N) is 1. The van der Waals surface area contributed by atoms with E-state index >= 15 is 0 Å². The normalized spacial score (nSPS) is 18.0. The molecule has 1 heterocycles. The number of hydrogen-bond donors (Lipinski definition) is 0. The van der Waals surface area contributed by atoms with Crippen molar-refractivity contribution in [2.45, 2.75) is 31.6 Å². The molecule has 1 aliphatic heterocycles. The second-order valence-electron chi connectivity index (χ2n) is 7.19. The van der Waals surface area contributed by atoms with Crippen LogP contribution in [0, 0.1) is 5.92 Å². The molecule has 3 rings (SSSR count). The minimum atomic E-state index is -0.609. The van der Waals surface area contributed by atoms with Crippen molar-refractivity contribution in [3.63, 3.8) is 0 Å². The van der Waals surface area contributed by atoms with Crippen LogP contribution in [0.2, 0.25) is 0 Å². The van der Waals surface area contributed by atoms with E-state index in [0.29, 0.717) is 6.42 Å². The zero-order valence-corrected chi connectivity index (χ0v) is 15.4. The van der Waals surface area contributed by atoms with Gasteiger partial charge in [-0.05, 0) is 49.9 Å². The first-order chi connectivity index (χ1) is 12.7. The lowest BCUT2D eigenvalue weighted by atomic mass is 9.63. The number of aldehydes is 1. The largest absolute Gasteiger partial charge is 0.303 e. The van der Waals surface area contributed by atoms with Gasteiger partial charge in [0.05, 0.1) is 5.41 Å². The van der Waals surface area contributed by atoms with Crippen molar-refractivity contribution in [3.8, 4) is 0 Å². The molecular formula is C23H27NO2. The van der Waals surface area contributed by atoms with Crippen molar-refractivity contribution in [3.05, 3.63) is 71.8 Å². The number of carbonyl (C=O) groups excluding carboxylic acids is 2. The van der Waals surface area contributed by atoms with Gasteiger partial charge in [0, 0.05) is 13.0 Å². The fourth-order valence-electron chi connectivity index (χ4n) is 4.52. The zero-order valence-electron chi connectivity index (χ0n) is 15.4. The molecule has 0 N–H and O–H groups in total. The number of hydrogen-bond acceptors (Lipinski definition) is 3. The molecule has 2 aromatic rings. The van der Waals surface area contributed by atoms with E-state index in [-0.39, 0.29) is 11.7 Å². The summed E-state index contributed by atoms with van der Waals surface area (Å²) in [4.78, 5) is 26.2. The molecule has 1 atom stereocenters. The number of benzene rings is 2. The summed E-state index contributed by atoms with van der Waals surface area (Å²) in [6.07, 6.45) is 3.47. The van der Waals surface area contributed by atoms with Crippen LogP contribution < -0.4 is 0 Å². The highest BCUT2D eigenvalue weighted by Gasteiger charge is 2.48. The highest BCUT2D eigenvalue weighted by atomic mass is 16.1. The third kappa shape index (κ3) is 3.49. The molecule has 3 nitrogen and oxygen atoms in total. The molecule has 0 bridgehead atoms. The second kappa shape index (κ2) is 8.41. The van der Waals surface area contributed by atoms with Gasteiger partial charge in [0.2, 0.25) is 0 Å². The number of unbranched alkanes of at least 4 members (excludes halogenated alkanes) is 1. The number of ketones is 1. The van der Waals surface area contributed by atoms with Gasteiger partial charge >= 0.3 is 0 Å². The molecule has 3 heteroatoms. The molecule has 1 aliphatic rings. The number of carbonyl (C=O) groups is 2. The molecule has 0 radical (unpaired) electrons. The van der Waals surface area contributed by atoms with Crippen LogP contribution in [0.1, 0.15) is 37.3 Å². The van der Waals surface area contributed by atoms with Crippen molar-refractivity contribution in [1.82, 2.24) is 4.90 Å². The Hall–Kier alpha value is -2.26. The molecule has 1 unspecified atom stereocenters. The molecular weight excluding hydrogens is 322 g/mol. The van der Waals surface area contributed by atoms with Crippen LogP contribution in [0.3, 0.4) is 0 Å². The van der Waals surface area contributed by atoms with Gasteiger partial charge < -0.3 is 9.69 Å². The topological polar surface area (TPSA) is 37.4 Å². The molecule has 136 valence electrons. The third-order valence-electron chi connectivity index (χ3n) is 5.69. The fraction of sp³-hybridized carbons (Fsp3) is 0.391. The Morgan fingerprint density at radius 1 is 1.08 bits per heavy atom. The van der Waals surface area contributed by atoms with E-state index in [2.05, 4.69) is 29.2 Å². The third-order valence-corrected chi connectivity index (χ3v) is 5.69. The van der Waals surface area contributed by atoms with E-state index in [9.17, 15) is 9.59 Å². The maximum absolute atomic E-state index is 13.2. The highest BCUT2D eigenvalue weighted by molar-refractivity contribution is 5.92. The molecule has 26 heavy (non-hydrogen) atoms. The van der Waals surface area contributed by atoms with Gasteiger partial charge in [-0.25, -0.2) is 0 Å². The van der Waals surface area contributed by atoms with Crippen molar-refractivity contribution in [1.29, 1.82) is 0 Å². The summed E-state index contributed by atoms with van der Waals surface area (Å²) in [5.41, 5.74) is 1.55. The van der Waals surface area contributed by atoms with E-state index in [1.165, 1.54) is 0 Å². The first-order valence-corrected chi connectivity index (χ1v) is 9.47. The van der Waals surface area contributed by atoms with Crippen LogP contribution in [-0.2, 0) is 15.0 Å². The summed E-state index contributed by atoms with van der Waals surface area (Å²) in [7, 11) is 0. The average molecular weight is 349 g/mol. The Kier molecular flexibility index (Phi) is 6.00. The Morgan fingerprint density at radius 2 is 1.65 bits per heavy atom. The lowest BCUT2D eigenvalue weighted by molar-refractivity contribution is -0.122. The van der Waals surface area contributed by atoms with Gasteiger partial charge in [-0.15, -0.1) is 0 Å². The predicted octanol–water partition coefficient (Wildman–Crippen LogP) is 3.86. The van der Waals surface area contributed by atoms with Crippen molar-refractivity contribution in [2.75, 3.05) is 19.6 Å². The summed E-state index contributed by atoms with van der Waals surface area (Å²) in [6, 6.07) is 20.4. The van der Waals surface area contributed by atoms with Gasteiger partial charge in [-0.1, -0.05) is 60.7 Å². The maximum atomic E-state index is 13.2. The molecule has 0 spiro atoms. The zero-order chi connectivity index (χ0) is 18.4. The number of likely N-dealkylation sites (tertiary alicyclic amines) is 1. The molecule has 0 aromatic heterocycles. The molecule has 2 aromatic carbocycles. The van der Waals surface area contributed by atoms with Crippen molar-refractivity contribution >= 4 is 12.1 Å². The summed E-state index contributed by atoms with van der Waals surface area (Å²) in [6.45, 7) is 4.53. The number of Topliss-reactive ketones (excluding diaryl/α,β-unsaturated/α-hetero) is 1. The average Bonchev–Trinajstić information content (AvgIpc) is 3.13. The van der Waals surface area contributed by atoms with E-state index in [1.54, 1.807) is 6.92 Å². The van der Waals surface area contributed by atoms with Crippen molar-refractivity contribution in [2.24, 2.45) is 5.92 Å². The first-order valence-electron chi connectivity index (χ1n) is 9.47. The Morgan fingerprint density at radius 3 is 2.15 bits per heavy atom. The van der Waals surface area contributed by atoms with Crippen LogP contribution in [-0.4, -0.2) is 36.6 Å². The van der Waals surface area contributed by atoms with Crippen molar-refractivity contribution < 1.29 is 9.59 Å². The van der Waals surface area contributed by atoms with E-state index in [1.807, 2.05) is 36.4 Å². The lowest BCUT2D eigenvalue weighted by Crippen LogP contribution is -2.44. The van der Waals surface area contributed by atoms with Gasteiger partial charge in [0.25, 0.3) is 0 Å². The Balaban J connectivity index is 1.99. The smallest absolute Gasteiger partial charge is 0.145 e. The predicted molar refractivity (Wildman–Crippen MR) is 104 cm³/mol. The van der Waals surface area contributed by atoms with Crippen LogP contribution in [0.5, 0.6) is 0 Å². The molecule has 1 saturated heterocycles. The molecule has 0 aliphatic carbocycles. The van der Waals surface area contributed by atoms with Crippen LogP contribution in [0.4, 0.5) is 0 Å². The summed E-state index contributed by atoms with van der Waals surface area (Å²) in [5.74, 6) is 0.440. The van der Waals surface area contributed by atoms with E-state index in [0.717, 1.165) is 49.9 Å². The molecule has 0 saturated carbocycles. The molecule has 1 fully saturated rings. The Labute approximate surface area is 156 Å². The van der Waals surface area contributed by atoms with E-state index in [4.69, 9.17) is 0 Å². The summed E-state index contributed by atoms with van der Waals surface area (Å²) in [5, 5.41) is 0. The van der Waals surface area contributed by atoms with Gasteiger partial charge in [-0.2, -0.15) is 0 Å². The second-order valence-corrected chi connectivity index (χ2v) is 7.19. The summed E-state index contributed by atoms with van der Waals surface area (Å²) < 4.78 is 0. The monoisotopic (exact) mass is 349 g/mol. The van der Waals surface area contributed by atoms with Crippen LogP contribution in [0.15, 0.2) is 60.7 Å². The van der Waals surface area contributed by atoms with Gasteiger partial charge in [-0.3, -0.25) is 4.79 Å². The number of rotatable bonds is 8. The summed E-state index contributed by atoms with van der Waals surface area (Å²) >= 11 is 0. The Bertz CT molecular complexity index is 687. The van der Waals surface area contributed by atoms with E-state index < -0.39 is 5.41 Å².